The number of rotatable bonds is 3. The molecule has 0 aliphatic heterocycles. The largest absolute Gasteiger partial charge is 0.308 e. The summed E-state index contributed by atoms with van der Waals surface area (Å²) in [4.78, 5) is 0. The van der Waals surface area contributed by atoms with Gasteiger partial charge in [0, 0.05) is 19.6 Å². The number of nitrogens with zero attached hydrogens (tertiary/aromatic N) is 2. The minimum absolute atomic E-state index is 0.804. The van der Waals surface area contributed by atoms with Gasteiger partial charge in [-0.2, -0.15) is 5.10 Å². The molecule has 1 N–H and O–H groups in total. The monoisotopic (exact) mass is 309 g/mol. The van der Waals surface area contributed by atoms with E-state index in [1.165, 1.54) is 29.4 Å². The van der Waals surface area contributed by atoms with Crippen LogP contribution in [-0.4, -0.2) is 15.8 Å². The summed E-state index contributed by atoms with van der Waals surface area (Å²) in [5.41, 5.74) is 2.37. The molecule has 1 heterocycles. The van der Waals surface area contributed by atoms with Crippen molar-refractivity contribution in [3.05, 3.63) is 15.9 Å². The Kier molecular flexibility index (Phi) is 2.44. The standard InChI is InChI=1S/C14H20BrN3/c1-7-13(15)10(18(2)17-7)6-16-14-11-8-3-4-9(5-8)12(11)14/h8-9,11-12,14,16H,3-6H2,1-2H3. The van der Waals surface area contributed by atoms with Crippen LogP contribution in [0.2, 0.25) is 0 Å². The third-order valence-electron chi connectivity index (χ3n) is 5.50. The van der Waals surface area contributed by atoms with Crippen molar-refractivity contribution in [1.29, 1.82) is 0 Å². The van der Waals surface area contributed by atoms with E-state index in [1.54, 1.807) is 0 Å². The van der Waals surface area contributed by atoms with Crippen LogP contribution in [0.15, 0.2) is 4.47 Å². The zero-order valence-corrected chi connectivity index (χ0v) is 12.6. The van der Waals surface area contributed by atoms with Gasteiger partial charge in [-0.25, -0.2) is 0 Å². The van der Waals surface area contributed by atoms with Gasteiger partial charge in [-0.05, 0) is 65.8 Å². The Hall–Kier alpha value is -0.350. The highest BCUT2D eigenvalue weighted by atomic mass is 79.9. The Bertz CT molecular complexity index is 479. The third kappa shape index (κ3) is 1.48. The maximum absolute atomic E-state index is 4.45. The van der Waals surface area contributed by atoms with Crippen molar-refractivity contribution in [2.45, 2.75) is 38.8 Å². The summed E-state index contributed by atoms with van der Waals surface area (Å²) < 4.78 is 3.17. The van der Waals surface area contributed by atoms with Crippen LogP contribution in [0.3, 0.4) is 0 Å². The molecule has 0 spiro atoms. The Balaban J connectivity index is 1.43. The van der Waals surface area contributed by atoms with E-state index in [-0.39, 0.29) is 0 Å². The Morgan fingerprint density at radius 1 is 1.33 bits per heavy atom. The molecule has 0 radical (unpaired) electrons. The fourth-order valence-electron chi connectivity index (χ4n) is 4.68. The van der Waals surface area contributed by atoms with Crippen LogP contribution >= 0.6 is 15.9 Å². The molecule has 4 rings (SSSR count). The van der Waals surface area contributed by atoms with Crippen LogP contribution in [0, 0.1) is 30.6 Å². The van der Waals surface area contributed by atoms with Crippen molar-refractivity contribution in [1.82, 2.24) is 15.1 Å². The van der Waals surface area contributed by atoms with Crippen LogP contribution in [0.4, 0.5) is 0 Å². The minimum Gasteiger partial charge on any atom is -0.308 e. The molecule has 3 fully saturated rings. The first-order valence-electron chi connectivity index (χ1n) is 7.08. The lowest BCUT2D eigenvalue weighted by Crippen LogP contribution is -2.23. The first-order valence-corrected chi connectivity index (χ1v) is 7.87. The molecule has 1 aromatic rings. The van der Waals surface area contributed by atoms with Crippen LogP contribution < -0.4 is 5.32 Å². The minimum atomic E-state index is 0.804. The fraction of sp³-hybridized carbons (Fsp3) is 0.786. The molecule has 0 amide bonds. The van der Waals surface area contributed by atoms with E-state index >= 15 is 0 Å². The lowest BCUT2D eigenvalue weighted by atomic mass is 10.0. The van der Waals surface area contributed by atoms with Crippen molar-refractivity contribution >= 4 is 15.9 Å². The Labute approximate surface area is 116 Å². The van der Waals surface area contributed by atoms with E-state index in [0.29, 0.717) is 0 Å². The molecule has 3 nitrogen and oxygen atoms in total. The predicted molar refractivity (Wildman–Crippen MR) is 74.1 cm³/mol. The fourth-order valence-corrected chi connectivity index (χ4v) is 5.16. The van der Waals surface area contributed by atoms with Gasteiger partial charge in [0.05, 0.1) is 15.9 Å². The summed E-state index contributed by atoms with van der Waals surface area (Å²) in [6, 6.07) is 0.804. The molecule has 4 atom stereocenters. The second-order valence-electron chi connectivity index (χ2n) is 6.36. The summed E-state index contributed by atoms with van der Waals surface area (Å²) in [6.45, 7) is 3.01. The molecular formula is C14H20BrN3. The van der Waals surface area contributed by atoms with Gasteiger partial charge in [-0.3, -0.25) is 4.68 Å². The molecule has 4 unspecified atom stereocenters. The summed E-state index contributed by atoms with van der Waals surface area (Å²) in [6.07, 6.45) is 4.53. The number of aryl methyl sites for hydroxylation is 2. The van der Waals surface area contributed by atoms with Gasteiger partial charge >= 0.3 is 0 Å². The highest BCUT2D eigenvalue weighted by Gasteiger charge is 2.64. The number of aromatic nitrogens is 2. The quantitative estimate of drug-likeness (QED) is 0.930. The van der Waals surface area contributed by atoms with Crippen molar-refractivity contribution in [3.8, 4) is 0 Å². The molecule has 1 aromatic heterocycles. The Morgan fingerprint density at radius 2 is 2.00 bits per heavy atom. The first kappa shape index (κ1) is 11.5. The molecule has 3 aliphatic carbocycles. The van der Waals surface area contributed by atoms with E-state index in [2.05, 4.69) is 33.3 Å². The van der Waals surface area contributed by atoms with Crippen molar-refractivity contribution in [3.63, 3.8) is 0 Å². The maximum atomic E-state index is 4.45. The second-order valence-corrected chi connectivity index (χ2v) is 7.16. The number of hydrogen-bond acceptors (Lipinski definition) is 2. The van der Waals surface area contributed by atoms with E-state index < -0.39 is 0 Å². The van der Waals surface area contributed by atoms with Crippen LogP contribution in [0.1, 0.15) is 30.7 Å². The van der Waals surface area contributed by atoms with Crippen molar-refractivity contribution in [2.24, 2.45) is 30.7 Å². The lowest BCUT2D eigenvalue weighted by molar-refractivity contribution is 0.456. The smallest absolute Gasteiger partial charge is 0.0739 e. The summed E-state index contributed by atoms with van der Waals surface area (Å²) in [7, 11) is 2.03. The van der Waals surface area contributed by atoms with Gasteiger partial charge in [0.25, 0.3) is 0 Å². The van der Waals surface area contributed by atoms with Gasteiger partial charge < -0.3 is 5.32 Å². The van der Waals surface area contributed by atoms with Gasteiger partial charge in [0.2, 0.25) is 0 Å². The van der Waals surface area contributed by atoms with Crippen molar-refractivity contribution < 1.29 is 0 Å². The molecule has 4 heteroatoms. The van der Waals surface area contributed by atoms with Gasteiger partial charge in [0.1, 0.15) is 0 Å². The van der Waals surface area contributed by atoms with E-state index in [1.807, 2.05) is 11.7 Å². The number of fused-ring (bicyclic) bond motifs is 5. The zero-order chi connectivity index (χ0) is 12.4. The maximum Gasteiger partial charge on any atom is 0.0739 e. The topological polar surface area (TPSA) is 29.9 Å². The van der Waals surface area contributed by atoms with Crippen molar-refractivity contribution in [2.75, 3.05) is 0 Å². The molecule has 3 aliphatic rings. The van der Waals surface area contributed by atoms with Gasteiger partial charge in [-0.1, -0.05) is 0 Å². The van der Waals surface area contributed by atoms with E-state index in [4.69, 9.17) is 0 Å². The van der Waals surface area contributed by atoms with Gasteiger partial charge in [0.15, 0.2) is 0 Å². The zero-order valence-electron chi connectivity index (χ0n) is 11.0. The molecular weight excluding hydrogens is 290 g/mol. The van der Waals surface area contributed by atoms with E-state index in [9.17, 15) is 0 Å². The number of hydrogen-bond donors (Lipinski definition) is 1. The number of halogens is 1. The third-order valence-corrected chi connectivity index (χ3v) is 6.53. The molecule has 0 aromatic carbocycles. The molecule has 98 valence electrons. The van der Waals surface area contributed by atoms with E-state index in [0.717, 1.165) is 42.0 Å². The highest BCUT2D eigenvalue weighted by molar-refractivity contribution is 9.10. The van der Waals surface area contributed by atoms with Crippen LogP contribution in [0.25, 0.3) is 0 Å². The summed E-state index contributed by atoms with van der Waals surface area (Å²) >= 11 is 3.65. The lowest BCUT2D eigenvalue weighted by Gasteiger charge is -2.11. The average Bonchev–Trinajstić information content (AvgIpc) is 2.66. The molecule has 2 bridgehead atoms. The van der Waals surface area contributed by atoms with Crippen LogP contribution in [0.5, 0.6) is 0 Å². The second kappa shape index (κ2) is 3.83. The normalized spacial score (nSPS) is 40.3. The summed E-state index contributed by atoms with van der Waals surface area (Å²) in [5.74, 6) is 4.12. The Morgan fingerprint density at radius 3 is 2.56 bits per heavy atom. The van der Waals surface area contributed by atoms with Crippen LogP contribution in [-0.2, 0) is 13.6 Å². The highest BCUT2D eigenvalue weighted by Crippen LogP contribution is 2.65. The summed E-state index contributed by atoms with van der Waals surface area (Å²) in [5, 5.41) is 8.23. The number of nitrogens with one attached hydrogen (secondary N) is 1. The molecule has 18 heavy (non-hydrogen) atoms. The molecule has 0 saturated heterocycles. The first-order chi connectivity index (χ1) is 8.66. The molecule has 3 saturated carbocycles. The van der Waals surface area contributed by atoms with Gasteiger partial charge in [-0.15, -0.1) is 0 Å². The SMILES string of the molecule is Cc1nn(C)c(CNC2C3C4CCC(C4)C23)c1Br. The average molecular weight is 310 g/mol. The predicted octanol–water partition coefficient (Wildman–Crippen LogP) is 2.63.